The summed E-state index contributed by atoms with van der Waals surface area (Å²) in [6.07, 6.45) is 0. The molecule has 1 saturated heterocycles. The van der Waals surface area contributed by atoms with E-state index in [1.54, 1.807) is 7.05 Å². The Morgan fingerprint density at radius 1 is 1.00 bits per heavy atom. The van der Waals surface area contributed by atoms with Crippen molar-refractivity contribution in [3.8, 4) is 0 Å². The molecule has 0 bridgehead atoms. The maximum atomic E-state index is 12.5. The minimum absolute atomic E-state index is 0.0944. The lowest BCUT2D eigenvalue weighted by atomic mass is 10.1. The summed E-state index contributed by atoms with van der Waals surface area (Å²) >= 11 is 0. The van der Waals surface area contributed by atoms with Crippen LogP contribution in [0, 0.1) is 0 Å². The molecule has 30 heavy (non-hydrogen) atoms. The van der Waals surface area contributed by atoms with Gasteiger partial charge in [0.25, 0.3) is 5.91 Å². The van der Waals surface area contributed by atoms with Gasteiger partial charge in [-0.1, -0.05) is 0 Å². The van der Waals surface area contributed by atoms with E-state index in [1.807, 2.05) is 24.3 Å². The number of benzene rings is 2. The van der Waals surface area contributed by atoms with E-state index in [0.29, 0.717) is 30.0 Å². The van der Waals surface area contributed by atoms with Gasteiger partial charge in [-0.3, -0.25) is 9.59 Å². The molecule has 1 heterocycles. The fraction of sp³-hybridized carbons (Fsp3) is 0.318. The number of esters is 1. The van der Waals surface area contributed by atoms with Gasteiger partial charge in [-0.25, -0.2) is 4.79 Å². The third-order valence-electron chi connectivity index (χ3n) is 4.81. The Kier molecular flexibility index (Phi) is 7.03. The molecular weight excluding hydrogens is 386 g/mol. The van der Waals surface area contributed by atoms with Crippen LogP contribution in [-0.2, 0) is 14.3 Å². The predicted molar refractivity (Wildman–Crippen MR) is 113 cm³/mol. The molecule has 8 heteroatoms. The molecule has 2 aromatic carbocycles. The zero-order chi connectivity index (χ0) is 21.5. The molecule has 0 spiro atoms. The summed E-state index contributed by atoms with van der Waals surface area (Å²) in [5.74, 6) is -1.08. The zero-order valence-electron chi connectivity index (χ0n) is 17.1. The molecule has 1 N–H and O–H groups in total. The standard InChI is InChI=1S/C22H25N3O5/c1-24(21(27)16-3-5-17(6-4-16)22(28)29-2)15-20(26)23-18-7-9-19(10-8-18)25-11-13-30-14-12-25/h3-10H,11-15H2,1-2H3,(H,23,26). The monoisotopic (exact) mass is 411 g/mol. The largest absolute Gasteiger partial charge is 0.465 e. The summed E-state index contributed by atoms with van der Waals surface area (Å²) in [4.78, 5) is 39.9. The highest BCUT2D eigenvalue weighted by Crippen LogP contribution is 2.19. The van der Waals surface area contributed by atoms with Crippen LogP contribution in [0.4, 0.5) is 11.4 Å². The van der Waals surface area contributed by atoms with E-state index in [4.69, 9.17) is 4.74 Å². The van der Waals surface area contributed by atoms with Crippen LogP contribution < -0.4 is 10.2 Å². The molecule has 0 atom stereocenters. The smallest absolute Gasteiger partial charge is 0.337 e. The highest BCUT2D eigenvalue weighted by molar-refractivity contribution is 6.00. The van der Waals surface area contributed by atoms with Crippen LogP contribution >= 0.6 is 0 Å². The number of anilines is 2. The van der Waals surface area contributed by atoms with Gasteiger partial charge in [0.05, 0.1) is 32.4 Å². The van der Waals surface area contributed by atoms with E-state index in [2.05, 4.69) is 15.0 Å². The Labute approximate surface area is 175 Å². The summed E-state index contributed by atoms with van der Waals surface area (Å²) in [6, 6.07) is 13.7. The summed E-state index contributed by atoms with van der Waals surface area (Å²) in [5, 5.41) is 2.80. The van der Waals surface area contributed by atoms with Crippen LogP contribution in [0.3, 0.4) is 0 Å². The first-order valence-electron chi connectivity index (χ1n) is 9.64. The lowest BCUT2D eigenvalue weighted by Crippen LogP contribution is -2.36. The Balaban J connectivity index is 1.53. The van der Waals surface area contributed by atoms with Crippen molar-refractivity contribution in [1.82, 2.24) is 4.90 Å². The predicted octanol–water partition coefficient (Wildman–Crippen LogP) is 2.02. The van der Waals surface area contributed by atoms with Crippen molar-refractivity contribution in [1.29, 1.82) is 0 Å². The van der Waals surface area contributed by atoms with Crippen molar-refractivity contribution < 1.29 is 23.9 Å². The van der Waals surface area contributed by atoms with E-state index in [9.17, 15) is 14.4 Å². The van der Waals surface area contributed by atoms with E-state index < -0.39 is 5.97 Å². The van der Waals surface area contributed by atoms with Gasteiger partial charge in [0.15, 0.2) is 0 Å². The number of nitrogens with zero attached hydrogens (tertiary/aromatic N) is 2. The molecule has 3 rings (SSSR count). The summed E-state index contributed by atoms with van der Waals surface area (Å²) in [5.41, 5.74) is 2.49. The van der Waals surface area contributed by atoms with Crippen molar-refractivity contribution in [3.63, 3.8) is 0 Å². The van der Waals surface area contributed by atoms with Crippen molar-refractivity contribution in [2.45, 2.75) is 0 Å². The first-order chi connectivity index (χ1) is 14.5. The Bertz CT molecular complexity index is 890. The molecule has 1 aliphatic heterocycles. The average Bonchev–Trinajstić information content (AvgIpc) is 2.79. The summed E-state index contributed by atoms with van der Waals surface area (Å²) < 4.78 is 10.00. The number of hydrogen-bond donors (Lipinski definition) is 1. The van der Waals surface area contributed by atoms with Crippen LogP contribution in [0.5, 0.6) is 0 Å². The summed E-state index contributed by atoms with van der Waals surface area (Å²) in [6.45, 7) is 3.02. The molecule has 1 aliphatic rings. The maximum absolute atomic E-state index is 12.5. The number of likely N-dealkylation sites (N-methyl/N-ethyl adjacent to an activating group) is 1. The number of carbonyl (C=O) groups is 3. The number of carbonyl (C=O) groups excluding carboxylic acids is 3. The van der Waals surface area contributed by atoms with E-state index in [0.717, 1.165) is 18.8 Å². The number of morpholine rings is 1. The quantitative estimate of drug-likeness (QED) is 0.732. The van der Waals surface area contributed by atoms with Crippen LogP contribution in [-0.4, -0.2) is 69.7 Å². The fourth-order valence-corrected chi connectivity index (χ4v) is 3.15. The topological polar surface area (TPSA) is 88.2 Å². The van der Waals surface area contributed by atoms with Crippen molar-refractivity contribution in [3.05, 3.63) is 59.7 Å². The molecule has 158 valence electrons. The fourth-order valence-electron chi connectivity index (χ4n) is 3.15. The third kappa shape index (κ3) is 5.36. The van der Waals surface area contributed by atoms with E-state index in [-0.39, 0.29) is 18.4 Å². The van der Waals surface area contributed by atoms with Crippen molar-refractivity contribution >= 4 is 29.2 Å². The molecule has 2 aromatic rings. The van der Waals surface area contributed by atoms with Crippen molar-refractivity contribution in [2.24, 2.45) is 0 Å². The molecular formula is C22H25N3O5. The first-order valence-corrected chi connectivity index (χ1v) is 9.64. The number of hydrogen-bond acceptors (Lipinski definition) is 6. The minimum Gasteiger partial charge on any atom is -0.465 e. The molecule has 2 amide bonds. The number of rotatable bonds is 6. The Hall–Kier alpha value is -3.39. The van der Waals surface area contributed by atoms with Gasteiger partial charge >= 0.3 is 5.97 Å². The lowest BCUT2D eigenvalue weighted by Gasteiger charge is -2.28. The van der Waals surface area contributed by atoms with Gasteiger partial charge in [-0.15, -0.1) is 0 Å². The number of nitrogens with one attached hydrogen (secondary N) is 1. The van der Waals surface area contributed by atoms with E-state index in [1.165, 1.54) is 36.3 Å². The molecule has 0 saturated carbocycles. The molecule has 0 unspecified atom stereocenters. The second-order valence-corrected chi connectivity index (χ2v) is 6.92. The number of methoxy groups -OCH3 is 1. The molecule has 0 aliphatic carbocycles. The minimum atomic E-state index is -0.471. The second kappa shape index (κ2) is 9.89. The average molecular weight is 411 g/mol. The van der Waals surface area contributed by atoms with Crippen LogP contribution in [0.25, 0.3) is 0 Å². The van der Waals surface area contributed by atoms with Crippen LogP contribution in [0.1, 0.15) is 20.7 Å². The maximum Gasteiger partial charge on any atom is 0.337 e. The second-order valence-electron chi connectivity index (χ2n) is 6.92. The molecule has 1 fully saturated rings. The first kappa shape index (κ1) is 21.3. The van der Waals surface area contributed by atoms with Crippen LogP contribution in [0.2, 0.25) is 0 Å². The molecule has 0 radical (unpaired) electrons. The normalized spacial score (nSPS) is 13.5. The highest BCUT2D eigenvalue weighted by Gasteiger charge is 2.16. The van der Waals surface area contributed by atoms with Gasteiger partial charge in [0, 0.05) is 37.1 Å². The third-order valence-corrected chi connectivity index (χ3v) is 4.81. The Morgan fingerprint density at radius 3 is 2.20 bits per heavy atom. The van der Waals surface area contributed by atoms with Gasteiger partial charge in [0.1, 0.15) is 0 Å². The highest BCUT2D eigenvalue weighted by atomic mass is 16.5. The zero-order valence-corrected chi connectivity index (χ0v) is 17.1. The molecule has 0 aromatic heterocycles. The van der Waals surface area contributed by atoms with Crippen LogP contribution in [0.15, 0.2) is 48.5 Å². The summed E-state index contributed by atoms with van der Waals surface area (Å²) in [7, 11) is 2.85. The van der Waals surface area contributed by atoms with Gasteiger partial charge in [-0.05, 0) is 48.5 Å². The molecule has 8 nitrogen and oxygen atoms in total. The Morgan fingerprint density at radius 2 is 1.60 bits per heavy atom. The van der Waals surface area contributed by atoms with Crippen molar-refractivity contribution in [2.75, 3.05) is 57.2 Å². The van der Waals surface area contributed by atoms with Gasteiger partial charge in [-0.2, -0.15) is 0 Å². The lowest BCUT2D eigenvalue weighted by molar-refractivity contribution is -0.116. The number of amides is 2. The number of ether oxygens (including phenoxy) is 2. The van der Waals surface area contributed by atoms with E-state index >= 15 is 0 Å². The van der Waals surface area contributed by atoms with Gasteiger partial charge in [0.2, 0.25) is 5.91 Å². The SMILES string of the molecule is COC(=O)c1ccc(C(=O)N(C)CC(=O)Nc2ccc(N3CCOCC3)cc2)cc1. The van der Waals surface area contributed by atoms with Gasteiger partial charge < -0.3 is 24.6 Å².